The summed E-state index contributed by atoms with van der Waals surface area (Å²) in [6.45, 7) is 0.223. The average Bonchev–Trinajstić information content (AvgIpc) is 3.03. The lowest BCUT2D eigenvalue weighted by Crippen LogP contribution is -2.48. The van der Waals surface area contributed by atoms with Gasteiger partial charge in [0.15, 0.2) is 5.43 Å². The van der Waals surface area contributed by atoms with Gasteiger partial charge in [0.1, 0.15) is 6.54 Å². The van der Waals surface area contributed by atoms with Crippen LogP contribution in [-0.2, 0) is 11.3 Å². The largest absolute Gasteiger partial charge is 0.352 e. The van der Waals surface area contributed by atoms with Crippen molar-refractivity contribution in [1.29, 1.82) is 0 Å². The molecule has 3 aromatic rings. The number of amides is 1. The molecule has 2 atom stereocenters. The zero-order valence-electron chi connectivity index (χ0n) is 15.2. The summed E-state index contributed by atoms with van der Waals surface area (Å²) in [5, 5.41) is 8.15. The van der Waals surface area contributed by atoms with Crippen molar-refractivity contribution < 1.29 is 4.79 Å². The van der Waals surface area contributed by atoms with Gasteiger partial charge in [-0.2, -0.15) is 0 Å². The van der Waals surface area contributed by atoms with Crippen molar-refractivity contribution >= 4 is 27.7 Å². The second-order valence-corrected chi connectivity index (χ2v) is 7.82. The van der Waals surface area contributed by atoms with E-state index in [1.54, 1.807) is 0 Å². The summed E-state index contributed by atoms with van der Waals surface area (Å²) in [5.41, 5.74) is 1.64. The van der Waals surface area contributed by atoms with Gasteiger partial charge in [-0.15, -0.1) is 0 Å². The van der Waals surface area contributed by atoms with Gasteiger partial charge >= 0.3 is 0 Å². The zero-order chi connectivity index (χ0) is 18.4. The Labute approximate surface area is 157 Å². The number of pyridine rings is 1. The molecule has 2 unspecified atom stereocenters. The van der Waals surface area contributed by atoms with Crippen LogP contribution < -0.4 is 16.1 Å². The second kappa shape index (κ2) is 6.50. The highest BCUT2D eigenvalue weighted by atomic mass is 16.2. The molecule has 1 aromatic heterocycles. The summed E-state index contributed by atoms with van der Waals surface area (Å²) in [7, 11) is 0. The molecular formula is C22H23N3O2. The maximum absolute atomic E-state index is 12.9. The minimum atomic E-state index is 0.0141. The topological polar surface area (TPSA) is 63.1 Å². The number of fused-ring (bicyclic) bond motifs is 4. The van der Waals surface area contributed by atoms with Crippen LogP contribution in [0.4, 0.5) is 0 Å². The summed E-state index contributed by atoms with van der Waals surface area (Å²) in [6, 6.07) is 16.4. The number of rotatable bonds is 3. The quantitative estimate of drug-likeness (QED) is 0.705. The predicted molar refractivity (Wildman–Crippen MR) is 107 cm³/mol. The van der Waals surface area contributed by atoms with Crippen molar-refractivity contribution in [2.24, 2.45) is 0 Å². The average molecular weight is 361 g/mol. The van der Waals surface area contributed by atoms with Crippen LogP contribution in [0.5, 0.6) is 0 Å². The summed E-state index contributed by atoms with van der Waals surface area (Å²) >= 11 is 0. The fraction of sp³-hybridized carbons (Fsp3) is 0.364. The van der Waals surface area contributed by atoms with Gasteiger partial charge in [-0.25, -0.2) is 0 Å². The number of hydrogen-bond acceptors (Lipinski definition) is 3. The third kappa shape index (κ3) is 2.92. The van der Waals surface area contributed by atoms with Crippen LogP contribution in [0.15, 0.2) is 53.3 Å². The van der Waals surface area contributed by atoms with Crippen molar-refractivity contribution in [1.82, 2.24) is 15.2 Å². The minimum Gasteiger partial charge on any atom is -0.352 e. The van der Waals surface area contributed by atoms with Gasteiger partial charge in [0.25, 0.3) is 0 Å². The third-order valence-corrected chi connectivity index (χ3v) is 6.02. The Balaban J connectivity index is 1.49. The Morgan fingerprint density at radius 3 is 2.11 bits per heavy atom. The molecule has 0 saturated carbocycles. The molecular weight excluding hydrogens is 338 g/mol. The fourth-order valence-electron chi connectivity index (χ4n) is 4.84. The normalized spacial score (nSPS) is 24.4. The highest BCUT2D eigenvalue weighted by molar-refractivity contribution is 5.94. The first kappa shape index (κ1) is 16.5. The second-order valence-electron chi connectivity index (χ2n) is 7.82. The number of piperidine rings is 1. The molecule has 2 bridgehead atoms. The van der Waals surface area contributed by atoms with E-state index >= 15 is 0 Å². The maximum Gasteiger partial charge on any atom is 0.240 e. The molecule has 2 aromatic carbocycles. The predicted octanol–water partition coefficient (Wildman–Crippen LogP) is 2.55. The molecule has 2 fully saturated rings. The first-order valence-corrected chi connectivity index (χ1v) is 9.75. The van der Waals surface area contributed by atoms with Crippen molar-refractivity contribution in [3.8, 4) is 0 Å². The molecule has 5 rings (SSSR count). The maximum atomic E-state index is 12.9. The number of aromatic nitrogens is 1. The Kier molecular flexibility index (Phi) is 3.97. The van der Waals surface area contributed by atoms with Crippen molar-refractivity contribution in [2.45, 2.75) is 50.4 Å². The smallest absolute Gasteiger partial charge is 0.240 e. The monoisotopic (exact) mass is 361 g/mol. The summed E-state index contributed by atoms with van der Waals surface area (Å²) in [5.74, 6) is 0.0141. The van der Waals surface area contributed by atoms with Crippen LogP contribution in [0, 0.1) is 0 Å². The fourth-order valence-corrected chi connectivity index (χ4v) is 4.84. The Morgan fingerprint density at radius 2 is 1.52 bits per heavy atom. The van der Waals surface area contributed by atoms with Crippen LogP contribution in [0.2, 0.25) is 0 Å². The van der Waals surface area contributed by atoms with E-state index in [1.165, 1.54) is 12.8 Å². The summed E-state index contributed by atoms with van der Waals surface area (Å²) in [4.78, 5) is 25.7. The molecule has 1 amide bonds. The van der Waals surface area contributed by atoms with E-state index in [0.29, 0.717) is 22.9 Å². The lowest BCUT2D eigenvalue weighted by molar-refractivity contribution is -0.122. The SMILES string of the molecule is O=C(Cn1c2ccccc2c(=O)c2ccccc21)NC1CC2CCC(C1)N2. The number of nitrogens with one attached hydrogen (secondary N) is 2. The van der Waals surface area contributed by atoms with Gasteiger partial charge < -0.3 is 15.2 Å². The number of nitrogens with zero attached hydrogens (tertiary/aromatic N) is 1. The Morgan fingerprint density at radius 1 is 0.963 bits per heavy atom. The van der Waals surface area contributed by atoms with Crippen LogP contribution in [0.1, 0.15) is 25.7 Å². The molecule has 5 nitrogen and oxygen atoms in total. The van der Waals surface area contributed by atoms with E-state index in [1.807, 2.05) is 53.1 Å². The van der Waals surface area contributed by atoms with Gasteiger partial charge in [-0.3, -0.25) is 9.59 Å². The Bertz CT molecular complexity index is 1020. The van der Waals surface area contributed by atoms with Gasteiger partial charge in [0, 0.05) is 28.9 Å². The zero-order valence-corrected chi connectivity index (χ0v) is 15.2. The molecule has 0 spiro atoms. The van der Waals surface area contributed by atoms with Gasteiger partial charge in [-0.1, -0.05) is 24.3 Å². The van der Waals surface area contributed by atoms with E-state index in [4.69, 9.17) is 0 Å². The minimum absolute atomic E-state index is 0.0141. The van der Waals surface area contributed by atoms with E-state index in [-0.39, 0.29) is 23.9 Å². The molecule has 27 heavy (non-hydrogen) atoms. The standard InChI is InChI=1S/C22H23N3O2/c26-21(24-16-11-14-9-10-15(12-16)23-14)13-25-19-7-3-1-5-17(19)22(27)18-6-2-4-8-20(18)25/h1-8,14-16,23H,9-13H2,(H,24,26). The number of benzene rings is 2. The molecule has 3 heterocycles. The van der Waals surface area contributed by atoms with Crippen molar-refractivity contribution in [3.63, 3.8) is 0 Å². The van der Waals surface area contributed by atoms with Crippen LogP contribution in [-0.4, -0.2) is 28.6 Å². The van der Waals surface area contributed by atoms with Crippen LogP contribution in [0.3, 0.4) is 0 Å². The lowest BCUT2D eigenvalue weighted by Gasteiger charge is -2.30. The van der Waals surface area contributed by atoms with Gasteiger partial charge in [0.05, 0.1) is 11.0 Å². The van der Waals surface area contributed by atoms with E-state index in [9.17, 15) is 9.59 Å². The van der Waals surface area contributed by atoms with E-state index in [0.717, 1.165) is 23.9 Å². The van der Waals surface area contributed by atoms with Gasteiger partial charge in [0.2, 0.25) is 5.91 Å². The molecule has 0 aliphatic carbocycles. The molecule has 138 valence electrons. The number of hydrogen-bond donors (Lipinski definition) is 2. The molecule has 0 radical (unpaired) electrons. The summed E-state index contributed by atoms with van der Waals surface area (Å²) in [6.07, 6.45) is 4.44. The molecule has 2 aliphatic heterocycles. The van der Waals surface area contributed by atoms with Crippen molar-refractivity contribution in [2.75, 3.05) is 0 Å². The Hall–Kier alpha value is -2.66. The van der Waals surface area contributed by atoms with Crippen LogP contribution in [0.25, 0.3) is 21.8 Å². The van der Waals surface area contributed by atoms with Crippen LogP contribution >= 0.6 is 0 Å². The highest BCUT2D eigenvalue weighted by Crippen LogP contribution is 2.27. The number of carbonyl (C=O) groups excluding carboxylic acids is 1. The summed E-state index contributed by atoms with van der Waals surface area (Å²) < 4.78 is 1.97. The third-order valence-electron chi connectivity index (χ3n) is 6.02. The first-order valence-electron chi connectivity index (χ1n) is 9.75. The molecule has 2 N–H and O–H groups in total. The van der Waals surface area contributed by atoms with Crippen molar-refractivity contribution in [3.05, 3.63) is 58.8 Å². The van der Waals surface area contributed by atoms with E-state index < -0.39 is 0 Å². The lowest BCUT2D eigenvalue weighted by atomic mass is 10.00. The van der Waals surface area contributed by atoms with Gasteiger partial charge in [-0.05, 0) is 49.9 Å². The molecule has 2 aliphatic rings. The molecule has 2 saturated heterocycles. The number of para-hydroxylation sites is 2. The first-order chi connectivity index (χ1) is 13.2. The highest BCUT2D eigenvalue weighted by Gasteiger charge is 2.34. The molecule has 5 heteroatoms. The van der Waals surface area contributed by atoms with E-state index in [2.05, 4.69) is 10.6 Å². The number of carbonyl (C=O) groups is 1.